The van der Waals surface area contributed by atoms with Gasteiger partial charge >= 0.3 is 0 Å². The summed E-state index contributed by atoms with van der Waals surface area (Å²) in [7, 11) is -3.61. The van der Waals surface area contributed by atoms with Crippen molar-refractivity contribution >= 4 is 38.0 Å². The summed E-state index contributed by atoms with van der Waals surface area (Å²) in [5, 5.41) is 2.36. The zero-order valence-electron chi connectivity index (χ0n) is 18.0. The minimum Gasteiger partial charge on any atom is -0.299 e. The second-order valence-electron chi connectivity index (χ2n) is 8.56. The summed E-state index contributed by atoms with van der Waals surface area (Å²) < 4.78 is 38.4. The summed E-state index contributed by atoms with van der Waals surface area (Å²) >= 11 is 6.23. The second kappa shape index (κ2) is 9.84. The Morgan fingerprint density at radius 3 is 2.51 bits per heavy atom. The molecule has 0 saturated heterocycles. The highest BCUT2D eigenvalue weighted by Gasteiger charge is 2.43. The largest absolute Gasteiger partial charge is 0.299 e. The van der Waals surface area contributed by atoms with E-state index in [-0.39, 0.29) is 41.4 Å². The van der Waals surface area contributed by atoms with E-state index in [2.05, 4.69) is 9.97 Å². The van der Waals surface area contributed by atoms with Crippen LogP contribution < -0.4 is 0 Å². The van der Waals surface area contributed by atoms with Crippen LogP contribution in [0.5, 0.6) is 0 Å². The van der Waals surface area contributed by atoms with Gasteiger partial charge in [-0.05, 0) is 53.8 Å². The molecule has 2 aromatic heterocycles. The highest BCUT2D eigenvalue weighted by molar-refractivity contribution is 7.90. The summed E-state index contributed by atoms with van der Waals surface area (Å²) in [6.45, 7) is 0. The lowest BCUT2D eigenvalue weighted by atomic mass is 10.0. The number of fused-ring (bicyclic) bond motifs is 1. The van der Waals surface area contributed by atoms with E-state index in [1.165, 1.54) is 12.1 Å². The summed E-state index contributed by atoms with van der Waals surface area (Å²) in [4.78, 5) is 20.9. The number of nitrogens with zero attached hydrogens (tertiary/aromatic N) is 2. The van der Waals surface area contributed by atoms with Crippen LogP contribution in [0.1, 0.15) is 36.6 Å². The fourth-order valence-corrected chi connectivity index (χ4v) is 5.73. The molecule has 0 N–H and O–H groups in total. The van der Waals surface area contributed by atoms with Gasteiger partial charge in [0, 0.05) is 35.5 Å². The zero-order valence-corrected chi connectivity index (χ0v) is 19.6. The van der Waals surface area contributed by atoms with Crippen LogP contribution in [0, 0.1) is 11.7 Å². The third-order valence-electron chi connectivity index (χ3n) is 6.15. The van der Waals surface area contributed by atoms with Crippen LogP contribution in [0.3, 0.4) is 0 Å². The molecule has 8 heteroatoms. The minimum absolute atomic E-state index is 0. The van der Waals surface area contributed by atoms with E-state index in [0.717, 1.165) is 34.5 Å². The van der Waals surface area contributed by atoms with Crippen LogP contribution in [0.2, 0.25) is 5.02 Å². The molecule has 0 radical (unpaired) electrons. The van der Waals surface area contributed by atoms with Crippen molar-refractivity contribution in [2.45, 2.75) is 36.8 Å². The Morgan fingerprint density at radius 2 is 1.80 bits per heavy atom. The number of sulfone groups is 1. The molecule has 0 spiro atoms. The van der Waals surface area contributed by atoms with Crippen LogP contribution in [0.4, 0.5) is 4.39 Å². The molecular weight excluding hydrogens is 487 g/mol. The molecule has 1 aliphatic rings. The highest BCUT2D eigenvalue weighted by Crippen LogP contribution is 2.48. The molecule has 0 amide bonds. The molecule has 180 valence electrons. The number of aromatic nitrogens is 2. The van der Waals surface area contributed by atoms with E-state index in [4.69, 9.17) is 11.6 Å². The lowest BCUT2D eigenvalue weighted by Gasteiger charge is -2.07. The number of carbonyl (C=O) groups is 1. The van der Waals surface area contributed by atoms with Crippen molar-refractivity contribution in [2.75, 3.05) is 0 Å². The zero-order chi connectivity index (χ0) is 23.9. The van der Waals surface area contributed by atoms with Crippen molar-refractivity contribution in [2.24, 2.45) is 5.92 Å². The average Bonchev–Trinajstić information content (AvgIpc) is 3.62. The maximum absolute atomic E-state index is 13.0. The first kappa shape index (κ1) is 24.9. The predicted molar refractivity (Wildman–Crippen MR) is 135 cm³/mol. The molecule has 1 fully saturated rings. The van der Waals surface area contributed by atoms with E-state index < -0.39 is 15.7 Å². The van der Waals surface area contributed by atoms with Crippen LogP contribution in [-0.4, -0.2) is 24.2 Å². The van der Waals surface area contributed by atoms with E-state index in [0.29, 0.717) is 11.4 Å². The maximum atomic E-state index is 13.0. The molecule has 2 atom stereocenters. The number of halogens is 2. The molecule has 4 aromatic rings. The van der Waals surface area contributed by atoms with Gasteiger partial charge in [0.25, 0.3) is 0 Å². The smallest absolute Gasteiger partial charge is 0.184 e. The lowest BCUT2D eigenvalue weighted by molar-refractivity contribution is -0.119. The average molecular weight is 511 g/mol. The summed E-state index contributed by atoms with van der Waals surface area (Å²) in [6, 6.07) is 15.0. The molecule has 1 saturated carbocycles. The molecule has 0 aliphatic heterocycles. The number of hydrogen-bond donors (Lipinski definition) is 0. The van der Waals surface area contributed by atoms with Crippen molar-refractivity contribution < 1.29 is 17.6 Å². The standard InChI is InChI=1S/C26H20ClFN2O3S.CH4/c27-25-14-29-12-18-2-1-16(9-23(18)25)10-26(31)24-11-22(24)17-3-7-21(8-4-17)34(32,33)15-20-6-5-19(28)13-30-20;/h1-9,12-14,22,24H,10-11,15H2;1H4/t22?,24-;/m1./s1. The molecule has 2 heterocycles. The van der Waals surface area contributed by atoms with Gasteiger partial charge in [-0.15, -0.1) is 0 Å². The van der Waals surface area contributed by atoms with Gasteiger partial charge in [0.1, 0.15) is 11.6 Å². The Bertz CT molecular complexity index is 1490. The number of pyridine rings is 2. The van der Waals surface area contributed by atoms with Gasteiger partial charge < -0.3 is 0 Å². The fraction of sp³-hybridized carbons (Fsp3) is 0.222. The second-order valence-corrected chi connectivity index (χ2v) is 11.0. The third kappa shape index (κ3) is 5.41. The van der Waals surface area contributed by atoms with E-state index in [1.54, 1.807) is 36.7 Å². The number of benzene rings is 2. The van der Waals surface area contributed by atoms with Gasteiger partial charge in [0.05, 0.1) is 27.6 Å². The fourth-order valence-electron chi connectivity index (χ4n) is 4.23. The molecule has 2 aromatic carbocycles. The molecule has 1 aliphatic carbocycles. The summed E-state index contributed by atoms with van der Waals surface area (Å²) in [5.74, 6) is -0.636. The Morgan fingerprint density at radius 1 is 1.03 bits per heavy atom. The number of carbonyl (C=O) groups excluding carboxylic acids is 1. The van der Waals surface area contributed by atoms with Gasteiger partial charge in [-0.3, -0.25) is 14.8 Å². The molecule has 5 nitrogen and oxygen atoms in total. The summed E-state index contributed by atoms with van der Waals surface area (Å²) in [6.07, 6.45) is 5.41. The SMILES string of the molecule is C.O=C(Cc1ccc2cncc(Cl)c2c1)[C@@H]1CC1c1ccc(S(=O)(=O)Cc2ccc(F)cn2)cc1. The molecule has 0 bridgehead atoms. The normalized spacial score (nSPS) is 17.1. The Balaban J connectivity index is 0.00000289. The molecule has 1 unspecified atom stereocenters. The van der Waals surface area contributed by atoms with Crippen LogP contribution in [0.25, 0.3) is 10.8 Å². The summed E-state index contributed by atoms with van der Waals surface area (Å²) in [5.41, 5.74) is 2.14. The van der Waals surface area contributed by atoms with Gasteiger partial charge in [-0.2, -0.15) is 0 Å². The molecule has 35 heavy (non-hydrogen) atoms. The van der Waals surface area contributed by atoms with Gasteiger partial charge in [-0.25, -0.2) is 12.8 Å². The van der Waals surface area contributed by atoms with Crippen molar-refractivity contribution in [1.82, 2.24) is 9.97 Å². The number of hydrogen-bond acceptors (Lipinski definition) is 5. The number of Topliss-reactive ketones (excluding diaryl/α,β-unsaturated/α-hetero) is 1. The van der Waals surface area contributed by atoms with Crippen molar-refractivity contribution in [1.29, 1.82) is 0 Å². The minimum atomic E-state index is -3.61. The Labute approximate surface area is 208 Å². The number of rotatable bonds is 7. The van der Waals surface area contributed by atoms with E-state index >= 15 is 0 Å². The molecule has 5 rings (SSSR count). The first-order valence-electron chi connectivity index (χ1n) is 10.8. The van der Waals surface area contributed by atoms with Crippen LogP contribution in [-0.2, 0) is 26.8 Å². The Hall–Kier alpha value is -3.16. The highest BCUT2D eigenvalue weighted by atomic mass is 35.5. The first-order valence-corrected chi connectivity index (χ1v) is 12.8. The lowest BCUT2D eigenvalue weighted by Crippen LogP contribution is -2.07. The number of ketones is 1. The first-order chi connectivity index (χ1) is 16.3. The topological polar surface area (TPSA) is 77.0 Å². The van der Waals surface area contributed by atoms with E-state index in [9.17, 15) is 17.6 Å². The van der Waals surface area contributed by atoms with Gasteiger partial charge in [0.15, 0.2) is 9.84 Å². The Kier molecular flexibility index (Phi) is 7.01. The third-order valence-corrected chi connectivity index (χ3v) is 8.12. The van der Waals surface area contributed by atoms with Gasteiger partial charge in [-0.1, -0.05) is 43.3 Å². The monoisotopic (exact) mass is 510 g/mol. The van der Waals surface area contributed by atoms with Gasteiger partial charge in [0.2, 0.25) is 0 Å². The molecular formula is C27H24ClFN2O3S. The van der Waals surface area contributed by atoms with Crippen molar-refractivity contribution in [3.63, 3.8) is 0 Å². The van der Waals surface area contributed by atoms with Crippen molar-refractivity contribution in [3.8, 4) is 0 Å². The van der Waals surface area contributed by atoms with Crippen LogP contribution >= 0.6 is 11.6 Å². The van der Waals surface area contributed by atoms with Crippen LogP contribution in [0.15, 0.2) is 78.1 Å². The quantitative estimate of drug-likeness (QED) is 0.307. The van der Waals surface area contributed by atoms with Crippen molar-refractivity contribution in [3.05, 3.63) is 101 Å². The van der Waals surface area contributed by atoms with E-state index in [1.807, 2.05) is 18.2 Å². The maximum Gasteiger partial charge on any atom is 0.184 e. The predicted octanol–water partition coefficient (Wildman–Crippen LogP) is 5.95.